The number of carbonyl (C=O) groups excluding carboxylic acids is 1. The van der Waals surface area contributed by atoms with E-state index >= 15 is 0 Å². The number of piperidine rings is 1. The average molecular weight is 345 g/mol. The van der Waals surface area contributed by atoms with E-state index in [0.717, 1.165) is 23.7 Å². The Kier molecular flexibility index (Phi) is 5.87. The molecular formula is C17H23N5OS. The van der Waals surface area contributed by atoms with Crippen molar-refractivity contribution in [2.45, 2.75) is 32.2 Å². The van der Waals surface area contributed by atoms with Gasteiger partial charge in [-0.3, -0.25) is 4.79 Å². The molecule has 0 bridgehead atoms. The molecule has 1 N–H and O–H groups in total. The summed E-state index contributed by atoms with van der Waals surface area (Å²) in [5.74, 6) is 1.38. The molecule has 2 aromatic heterocycles. The van der Waals surface area contributed by atoms with Crippen molar-refractivity contribution >= 4 is 17.2 Å². The van der Waals surface area contributed by atoms with Gasteiger partial charge in [0.1, 0.15) is 0 Å². The second-order valence-electron chi connectivity index (χ2n) is 6.30. The van der Waals surface area contributed by atoms with Gasteiger partial charge in [0.2, 0.25) is 5.91 Å². The monoisotopic (exact) mass is 345 g/mol. The molecule has 1 aliphatic heterocycles. The fraction of sp³-hybridized carbons (Fsp3) is 0.529. The van der Waals surface area contributed by atoms with E-state index in [2.05, 4.69) is 32.2 Å². The third-order valence-corrected chi connectivity index (χ3v) is 5.16. The Labute approximate surface area is 146 Å². The molecule has 7 heteroatoms. The summed E-state index contributed by atoms with van der Waals surface area (Å²) in [6.07, 6.45) is 7.45. The molecule has 3 heterocycles. The number of carbonyl (C=O) groups is 1. The second-order valence-corrected chi connectivity index (χ2v) is 7.16. The summed E-state index contributed by atoms with van der Waals surface area (Å²) >= 11 is 1.50. The van der Waals surface area contributed by atoms with Crippen molar-refractivity contribution in [3.63, 3.8) is 0 Å². The lowest BCUT2D eigenvalue weighted by atomic mass is 9.93. The standard InChI is InChI=1S/C17H23N5OS/c1-22-9-2-4-13(11-22)5-6-15(23)20-10-14-12-24-17(21-14)16-18-7-3-8-19-16/h3,7-8,12-13H,2,4-6,9-11H2,1H3,(H,20,23). The zero-order valence-electron chi connectivity index (χ0n) is 13.9. The number of nitrogens with one attached hydrogen (secondary N) is 1. The van der Waals surface area contributed by atoms with Crippen molar-refractivity contribution < 1.29 is 4.79 Å². The molecule has 1 saturated heterocycles. The molecule has 1 aliphatic rings. The van der Waals surface area contributed by atoms with Crippen molar-refractivity contribution in [2.24, 2.45) is 5.92 Å². The smallest absolute Gasteiger partial charge is 0.220 e. The van der Waals surface area contributed by atoms with E-state index in [1.165, 1.54) is 30.7 Å². The van der Waals surface area contributed by atoms with Gasteiger partial charge in [-0.15, -0.1) is 11.3 Å². The van der Waals surface area contributed by atoms with E-state index in [0.29, 0.717) is 24.7 Å². The van der Waals surface area contributed by atoms with Crippen LogP contribution in [0.5, 0.6) is 0 Å². The van der Waals surface area contributed by atoms with Crippen LogP contribution in [0.4, 0.5) is 0 Å². The van der Waals surface area contributed by atoms with Crippen LogP contribution < -0.4 is 5.32 Å². The van der Waals surface area contributed by atoms with Gasteiger partial charge in [-0.2, -0.15) is 0 Å². The maximum absolute atomic E-state index is 12.0. The van der Waals surface area contributed by atoms with Crippen LogP contribution in [0.1, 0.15) is 31.4 Å². The topological polar surface area (TPSA) is 71.0 Å². The molecule has 1 atom stereocenters. The van der Waals surface area contributed by atoms with Gasteiger partial charge in [0.05, 0.1) is 12.2 Å². The van der Waals surface area contributed by atoms with Crippen molar-refractivity contribution in [3.8, 4) is 10.8 Å². The summed E-state index contributed by atoms with van der Waals surface area (Å²) in [4.78, 5) is 27.3. The van der Waals surface area contributed by atoms with Crippen LogP contribution in [-0.4, -0.2) is 45.9 Å². The SMILES string of the molecule is CN1CCCC(CCC(=O)NCc2csc(-c3ncccn3)n2)C1. The molecule has 0 aliphatic carbocycles. The third kappa shape index (κ3) is 4.82. The molecule has 1 unspecified atom stereocenters. The maximum atomic E-state index is 12.0. The summed E-state index contributed by atoms with van der Waals surface area (Å²) in [6, 6.07) is 1.78. The predicted octanol–water partition coefficient (Wildman–Crippen LogP) is 2.34. The van der Waals surface area contributed by atoms with E-state index < -0.39 is 0 Å². The van der Waals surface area contributed by atoms with E-state index in [4.69, 9.17) is 0 Å². The van der Waals surface area contributed by atoms with E-state index in [1.807, 2.05) is 5.38 Å². The highest BCUT2D eigenvalue weighted by Crippen LogP contribution is 2.21. The molecule has 0 spiro atoms. The highest BCUT2D eigenvalue weighted by Gasteiger charge is 2.18. The normalized spacial score (nSPS) is 18.5. The van der Waals surface area contributed by atoms with E-state index in [9.17, 15) is 4.79 Å². The molecule has 0 aromatic carbocycles. The van der Waals surface area contributed by atoms with Gasteiger partial charge in [0.15, 0.2) is 10.8 Å². The summed E-state index contributed by atoms with van der Waals surface area (Å²) < 4.78 is 0. The molecule has 128 valence electrons. The number of rotatable bonds is 6. The number of likely N-dealkylation sites (tertiary alicyclic amines) is 1. The third-order valence-electron chi connectivity index (χ3n) is 4.28. The van der Waals surface area contributed by atoms with Gasteiger partial charge < -0.3 is 10.2 Å². The van der Waals surface area contributed by atoms with Crippen LogP contribution in [-0.2, 0) is 11.3 Å². The van der Waals surface area contributed by atoms with Crippen LogP contribution in [0.25, 0.3) is 10.8 Å². The first-order chi connectivity index (χ1) is 11.7. The lowest BCUT2D eigenvalue weighted by Gasteiger charge is -2.29. The van der Waals surface area contributed by atoms with Crippen molar-refractivity contribution in [1.82, 2.24) is 25.2 Å². The lowest BCUT2D eigenvalue weighted by molar-refractivity contribution is -0.121. The molecule has 1 fully saturated rings. The van der Waals surface area contributed by atoms with Crippen molar-refractivity contribution in [2.75, 3.05) is 20.1 Å². The van der Waals surface area contributed by atoms with Crippen LogP contribution in [0.2, 0.25) is 0 Å². The predicted molar refractivity (Wildman–Crippen MR) is 94.4 cm³/mol. The Morgan fingerprint density at radius 2 is 2.25 bits per heavy atom. The maximum Gasteiger partial charge on any atom is 0.220 e. The number of hydrogen-bond donors (Lipinski definition) is 1. The largest absolute Gasteiger partial charge is 0.350 e. The van der Waals surface area contributed by atoms with Crippen LogP contribution >= 0.6 is 11.3 Å². The fourth-order valence-electron chi connectivity index (χ4n) is 3.02. The van der Waals surface area contributed by atoms with Gasteiger partial charge in [0, 0.05) is 30.7 Å². The Balaban J connectivity index is 1.42. The summed E-state index contributed by atoms with van der Waals surface area (Å²) in [7, 11) is 2.16. The van der Waals surface area contributed by atoms with Gasteiger partial charge in [0.25, 0.3) is 0 Å². The molecule has 0 saturated carbocycles. The van der Waals surface area contributed by atoms with Gasteiger partial charge in [-0.1, -0.05) is 0 Å². The van der Waals surface area contributed by atoms with Crippen LogP contribution in [0.15, 0.2) is 23.8 Å². The average Bonchev–Trinajstić information content (AvgIpc) is 3.08. The van der Waals surface area contributed by atoms with Gasteiger partial charge in [-0.05, 0) is 44.8 Å². The lowest BCUT2D eigenvalue weighted by Crippen LogP contribution is -2.33. The Bertz CT molecular complexity index is 660. The zero-order chi connectivity index (χ0) is 16.8. The Hall–Kier alpha value is -1.86. The van der Waals surface area contributed by atoms with E-state index in [1.54, 1.807) is 18.5 Å². The summed E-state index contributed by atoms with van der Waals surface area (Å²) in [5, 5.41) is 5.69. The quantitative estimate of drug-likeness (QED) is 0.870. The fourth-order valence-corrected chi connectivity index (χ4v) is 3.79. The molecule has 2 aromatic rings. The molecule has 6 nitrogen and oxygen atoms in total. The molecular weight excluding hydrogens is 322 g/mol. The highest BCUT2D eigenvalue weighted by molar-refractivity contribution is 7.13. The minimum atomic E-state index is 0.105. The van der Waals surface area contributed by atoms with Crippen LogP contribution in [0.3, 0.4) is 0 Å². The second kappa shape index (κ2) is 8.30. The number of nitrogens with zero attached hydrogens (tertiary/aromatic N) is 4. The number of thiazole rings is 1. The first-order valence-corrected chi connectivity index (χ1v) is 9.25. The summed E-state index contributed by atoms with van der Waals surface area (Å²) in [6.45, 7) is 2.76. The number of hydrogen-bond acceptors (Lipinski definition) is 6. The number of amides is 1. The minimum Gasteiger partial charge on any atom is -0.350 e. The first kappa shape index (κ1) is 17.0. The first-order valence-electron chi connectivity index (χ1n) is 8.38. The molecule has 1 amide bonds. The van der Waals surface area contributed by atoms with Gasteiger partial charge >= 0.3 is 0 Å². The minimum absolute atomic E-state index is 0.105. The van der Waals surface area contributed by atoms with Crippen molar-refractivity contribution in [1.29, 1.82) is 0 Å². The highest BCUT2D eigenvalue weighted by atomic mass is 32.1. The van der Waals surface area contributed by atoms with E-state index in [-0.39, 0.29) is 5.91 Å². The Morgan fingerprint density at radius 1 is 1.42 bits per heavy atom. The molecule has 3 rings (SSSR count). The number of aromatic nitrogens is 3. The van der Waals surface area contributed by atoms with Gasteiger partial charge in [-0.25, -0.2) is 15.0 Å². The molecule has 24 heavy (non-hydrogen) atoms. The van der Waals surface area contributed by atoms with Crippen molar-refractivity contribution in [3.05, 3.63) is 29.5 Å². The zero-order valence-corrected chi connectivity index (χ0v) is 14.8. The van der Waals surface area contributed by atoms with Crippen LogP contribution in [0, 0.1) is 5.92 Å². The Morgan fingerprint density at radius 3 is 3.04 bits per heavy atom. The summed E-state index contributed by atoms with van der Waals surface area (Å²) in [5.41, 5.74) is 0.855. The molecule has 0 radical (unpaired) electrons.